The number of ketones is 1. The number of carboxylic acid groups (broad SMARTS) is 3. The second kappa shape index (κ2) is 14.3. The summed E-state index contributed by atoms with van der Waals surface area (Å²) in [5.74, 6) is -4.47. The third kappa shape index (κ3) is 6.25. The molecule has 326 valence electrons. The summed E-state index contributed by atoms with van der Waals surface area (Å²) in [6.07, 6.45) is -12.2. The van der Waals surface area contributed by atoms with Gasteiger partial charge < -0.3 is 59.8 Å². The van der Waals surface area contributed by atoms with E-state index in [0.29, 0.717) is 25.7 Å². The fourth-order valence-corrected chi connectivity index (χ4v) is 13.4. The van der Waals surface area contributed by atoms with Crippen molar-refractivity contribution in [2.75, 3.05) is 0 Å². The number of allylic oxidation sites excluding steroid dienone is 2. The minimum absolute atomic E-state index is 0.0217. The Labute approximate surface area is 337 Å². The van der Waals surface area contributed by atoms with Crippen LogP contribution in [0, 0.1) is 50.2 Å². The van der Waals surface area contributed by atoms with Gasteiger partial charge in [-0.25, -0.2) is 9.59 Å². The Balaban J connectivity index is 1.17. The third-order valence-corrected chi connectivity index (χ3v) is 17.2. The van der Waals surface area contributed by atoms with E-state index in [9.17, 15) is 60.0 Å². The zero-order chi connectivity index (χ0) is 42.9. The van der Waals surface area contributed by atoms with Crippen LogP contribution in [-0.4, -0.2) is 132 Å². The van der Waals surface area contributed by atoms with E-state index in [4.69, 9.17) is 18.9 Å². The average Bonchev–Trinajstić information content (AvgIpc) is 3.13. The monoisotopic (exact) mass is 822 g/mol. The first-order valence-electron chi connectivity index (χ1n) is 20.7. The molecule has 8 N–H and O–H groups in total. The summed E-state index contributed by atoms with van der Waals surface area (Å²) in [5.41, 5.74) is -1.81. The van der Waals surface area contributed by atoms with E-state index >= 15 is 0 Å². The number of rotatable bonds is 7. The molecule has 0 aromatic rings. The Hall–Kier alpha value is -2.54. The number of carbonyl (C=O) groups excluding carboxylic acids is 1. The molecule has 0 amide bonds. The summed E-state index contributed by atoms with van der Waals surface area (Å²) in [7, 11) is 0. The smallest absolute Gasteiger partial charge is 0.335 e. The van der Waals surface area contributed by atoms with Crippen LogP contribution in [-0.2, 0) is 38.1 Å². The maximum Gasteiger partial charge on any atom is 0.335 e. The summed E-state index contributed by atoms with van der Waals surface area (Å²) in [6, 6.07) is 0. The van der Waals surface area contributed by atoms with E-state index in [1.54, 1.807) is 0 Å². The number of fused-ring (bicyclic) bond motifs is 7. The Morgan fingerprint density at radius 1 is 0.690 bits per heavy atom. The number of aliphatic hydroxyl groups is 5. The maximum absolute atomic E-state index is 14.8. The molecule has 4 saturated carbocycles. The van der Waals surface area contributed by atoms with Crippen LogP contribution in [0.15, 0.2) is 11.6 Å². The minimum Gasteiger partial charge on any atom is -0.481 e. The molecule has 2 heterocycles. The molecule has 16 nitrogen and oxygen atoms in total. The molecule has 16 heteroatoms. The highest BCUT2D eigenvalue weighted by atomic mass is 16.8. The summed E-state index contributed by atoms with van der Waals surface area (Å²) in [6.45, 7) is 14.8. The first-order chi connectivity index (χ1) is 26.8. The molecule has 58 heavy (non-hydrogen) atoms. The van der Waals surface area contributed by atoms with E-state index in [0.717, 1.165) is 37.7 Å². The molecule has 0 aromatic heterocycles. The molecule has 2 saturated heterocycles. The predicted octanol–water partition coefficient (Wildman–Crippen LogP) is 2.25. The number of aliphatic carboxylic acids is 3. The van der Waals surface area contributed by atoms with Gasteiger partial charge in [-0.2, -0.15) is 0 Å². The number of hydrogen-bond donors (Lipinski definition) is 8. The van der Waals surface area contributed by atoms with Gasteiger partial charge in [0.15, 0.2) is 30.6 Å². The normalized spacial score (nSPS) is 52.6. The van der Waals surface area contributed by atoms with E-state index in [1.807, 2.05) is 26.8 Å². The van der Waals surface area contributed by atoms with Gasteiger partial charge in [-0.1, -0.05) is 47.1 Å². The molecule has 0 aromatic carbocycles. The van der Waals surface area contributed by atoms with Crippen molar-refractivity contribution in [2.45, 2.75) is 174 Å². The van der Waals surface area contributed by atoms with Gasteiger partial charge in [-0.05, 0) is 110 Å². The van der Waals surface area contributed by atoms with Crippen molar-refractivity contribution >= 4 is 23.7 Å². The van der Waals surface area contributed by atoms with Gasteiger partial charge in [-0.15, -0.1) is 0 Å². The minimum atomic E-state index is -2.05. The van der Waals surface area contributed by atoms with Crippen molar-refractivity contribution in [3.63, 3.8) is 0 Å². The van der Waals surface area contributed by atoms with Crippen molar-refractivity contribution in [3.8, 4) is 0 Å². The number of carboxylic acids is 3. The maximum atomic E-state index is 14.8. The standard InChI is InChI=1S/C42H62O16/c1-37(2)21-8-11-42(7)31(20(43)16-18-19-17-39(4,36(53)54)13-12-38(19,3)14-15-41(18,42)6)40(21,5)10-9-22(37)55-35-30(26(47)25(46)29(57-35)33(51)52)58-34-27(48)23(44)24(45)28(56-34)32(49)50/h16,19,21-31,34-35,44-48H,8-15,17H2,1-7H3,(H,49,50)(H,51,52)(H,53,54)/t19?,21?,22-,23-,24-,25-,26-,27+,28?,29?,30+,31?,34-,35-,38+,39?,40-,41+,42+/m0/s1. The van der Waals surface area contributed by atoms with Gasteiger partial charge in [-0.3, -0.25) is 9.59 Å². The highest BCUT2D eigenvalue weighted by Crippen LogP contribution is 2.75. The molecule has 7 aliphatic rings. The van der Waals surface area contributed by atoms with Crippen molar-refractivity contribution in [3.05, 3.63) is 11.6 Å². The Morgan fingerprint density at radius 3 is 1.88 bits per heavy atom. The van der Waals surface area contributed by atoms with E-state index < -0.39 is 107 Å². The first-order valence-corrected chi connectivity index (χ1v) is 20.7. The quantitative estimate of drug-likeness (QED) is 0.171. The lowest BCUT2D eigenvalue weighted by Gasteiger charge is -2.70. The third-order valence-electron chi connectivity index (χ3n) is 17.2. The zero-order valence-electron chi connectivity index (χ0n) is 34.4. The summed E-state index contributed by atoms with van der Waals surface area (Å²) in [4.78, 5) is 51.3. The molecule has 0 radical (unpaired) electrons. The molecule has 0 bridgehead atoms. The van der Waals surface area contributed by atoms with Crippen molar-refractivity contribution < 1.29 is 79.0 Å². The lowest BCUT2D eigenvalue weighted by atomic mass is 9.33. The molecule has 6 fully saturated rings. The van der Waals surface area contributed by atoms with Crippen LogP contribution in [0.25, 0.3) is 0 Å². The number of hydrogen-bond acceptors (Lipinski definition) is 13. The number of aliphatic hydroxyl groups excluding tert-OH is 5. The second-order valence-electron chi connectivity index (χ2n) is 20.6. The SMILES string of the molecule is CC1(C(=O)O)CC[C@]2(C)CC[C@]3(C)C(=CC(=O)C4[C@@]5(C)CC[C@H](O[C@H]6OC(C(=O)O)[C@@H](O)[C@H](O)[C@H]6O[C@@H]6OC(C(=O)O)[C@@H](O)[C@H](O)[C@H]6O)C(C)(C)C5CC[C@]43C)C2C1. The van der Waals surface area contributed by atoms with Gasteiger partial charge in [0.05, 0.1) is 11.5 Å². The molecule has 5 aliphatic carbocycles. The highest BCUT2D eigenvalue weighted by molar-refractivity contribution is 5.95. The first kappa shape index (κ1) is 43.5. The van der Waals surface area contributed by atoms with Crippen LogP contribution in [0.3, 0.4) is 0 Å². The van der Waals surface area contributed by atoms with Crippen LogP contribution in [0.2, 0.25) is 0 Å². The zero-order valence-corrected chi connectivity index (χ0v) is 34.4. The van der Waals surface area contributed by atoms with Gasteiger partial charge in [0.2, 0.25) is 0 Å². The molecule has 2 aliphatic heterocycles. The molecular formula is C42H62O16. The molecule has 7 rings (SSSR count). The summed E-state index contributed by atoms with van der Waals surface area (Å²) >= 11 is 0. The van der Waals surface area contributed by atoms with Crippen molar-refractivity contribution in [2.24, 2.45) is 50.2 Å². The molecule has 0 spiro atoms. The lowest BCUT2D eigenvalue weighted by Crippen LogP contribution is -2.68. The lowest BCUT2D eigenvalue weighted by molar-refractivity contribution is -0.371. The predicted molar refractivity (Wildman–Crippen MR) is 199 cm³/mol. The highest BCUT2D eigenvalue weighted by Gasteiger charge is 2.71. The van der Waals surface area contributed by atoms with Crippen LogP contribution in [0.1, 0.15) is 106 Å². The largest absolute Gasteiger partial charge is 0.481 e. The van der Waals surface area contributed by atoms with Gasteiger partial charge >= 0.3 is 17.9 Å². The molecule has 19 atom stereocenters. The average molecular weight is 823 g/mol. The topological polar surface area (TPSA) is 267 Å². The van der Waals surface area contributed by atoms with E-state index in [1.165, 1.54) is 0 Å². The summed E-state index contributed by atoms with van der Waals surface area (Å²) < 4.78 is 23.4. The van der Waals surface area contributed by atoms with Crippen LogP contribution in [0.5, 0.6) is 0 Å². The van der Waals surface area contributed by atoms with Crippen LogP contribution < -0.4 is 0 Å². The molecule has 6 unspecified atom stereocenters. The Bertz CT molecular complexity index is 1730. The van der Waals surface area contributed by atoms with Gasteiger partial charge in [0.1, 0.15) is 36.6 Å². The van der Waals surface area contributed by atoms with E-state index in [-0.39, 0.29) is 34.4 Å². The fraction of sp³-hybridized carbons (Fsp3) is 0.857. The van der Waals surface area contributed by atoms with Gasteiger partial charge in [0, 0.05) is 5.92 Å². The van der Waals surface area contributed by atoms with Crippen LogP contribution >= 0.6 is 0 Å². The van der Waals surface area contributed by atoms with Crippen molar-refractivity contribution in [1.82, 2.24) is 0 Å². The van der Waals surface area contributed by atoms with Crippen LogP contribution in [0.4, 0.5) is 0 Å². The van der Waals surface area contributed by atoms with Crippen molar-refractivity contribution in [1.29, 1.82) is 0 Å². The Kier molecular flexibility index (Phi) is 10.7. The van der Waals surface area contributed by atoms with Gasteiger partial charge in [0.25, 0.3) is 0 Å². The molecular weight excluding hydrogens is 760 g/mol. The summed E-state index contributed by atoms with van der Waals surface area (Å²) in [5, 5.41) is 83.0. The number of carbonyl (C=O) groups is 4. The number of ether oxygens (including phenoxy) is 4. The van der Waals surface area contributed by atoms with E-state index in [2.05, 4.69) is 27.7 Å². The Morgan fingerprint density at radius 2 is 1.28 bits per heavy atom. The fourth-order valence-electron chi connectivity index (χ4n) is 13.4. The second-order valence-corrected chi connectivity index (χ2v) is 20.6.